The van der Waals surface area contributed by atoms with Gasteiger partial charge in [-0.1, -0.05) is 30.3 Å². The standard InChI is InChI=1S/C14H9F3N2O/c15-14(16,17)20-13-7-2-1-4-10(13)9-5-3-6-12(19)11(9)8-18/h1-7H,19H2. The summed E-state index contributed by atoms with van der Waals surface area (Å²) in [7, 11) is 0. The van der Waals surface area contributed by atoms with Crippen molar-refractivity contribution in [1.82, 2.24) is 0 Å². The van der Waals surface area contributed by atoms with Crippen LogP contribution >= 0.6 is 0 Å². The summed E-state index contributed by atoms with van der Waals surface area (Å²) in [5, 5.41) is 9.09. The van der Waals surface area contributed by atoms with E-state index >= 15 is 0 Å². The van der Waals surface area contributed by atoms with Crippen LogP contribution < -0.4 is 10.5 Å². The van der Waals surface area contributed by atoms with Crippen molar-refractivity contribution in [3.8, 4) is 22.9 Å². The minimum absolute atomic E-state index is 0.116. The summed E-state index contributed by atoms with van der Waals surface area (Å²) in [5.41, 5.74) is 6.44. The van der Waals surface area contributed by atoms with E-state index < -0.39 is 6.36 Å². The lowest BCUT2D eigenvalue weighted by Crippen LogP contribution is -2.17. The summed E-state index contributed by atoms with van der Waals surface area (Å²) in [4.78, 5) is 0. The molecule has 0 spiro atoms. The molecule has 0 aliphatic heterocycles. The Morgan fingerprint density at radius 3 is 2.30 bits per heavy atom. The van der Waals surface area contributed by atoms with Crippen molar-refractivity contribution in [2.45, 2.75) is 6.36 Å². The first kappa shape index (κ1) is 13.7. The highest BCUT2D eigenvalue weighted by atomic mass is 19.4. The van der Waals surface area contributed by atoms with Gasteiger partial charge in [0.2, 0.25) is 0 Å². The van der Waals surface area contributed by atoms with E-state index in [1.165, 1.54) is 30.3 Å². The van der Waals surface area contributed by atoms with Gasteiger partial charge >= 0.3 is 6.36 Å². The summed E-state index contributed by atoms with van der Waals surface area (Å²) in [6, 6.07) is 12.1. The molecule has 0 aliphatic carbocycles. The molecule has 0 atom stereocenters. The van der Waals surface area contributed by atoms with Crippen molar-refractivity contribution in [3.05, 3.63) is 48.0 Å². The summed E-state index contributed by atoms with van der Waals surface area (Å²) >= 11 is 0. The molecule has 0 aliphatic rings. The van der Waals surface area contributed by atoms with Crippen LogP contribution in [0.5, 0.6) is 5.75 Å². The number of para-hydroxylation sites is 1. The minimum atomic E-state index is -4.80. The van der Waals surface area contributed by atoms with Crippen LogP contribution in [0.3, 0.4) is 0 Å². The average molecular weight is 278 g/mol. The maximum atomic E-state index is 12.4. The van der Waals surface area contributed by atoms with Crippen LogP contribution in [-0.2, 0) is 0 Å². The lowest BCUT2D eigenvalue weighted by Gasteiger charge is -2.14. The van der Waals surface area contributed by atoms with Gasteiger partial charge in [-0.05, 0) is 12.1 Å². The third-order valence-corrected chi connectivity index (χ3v) is 2.61. The summed E-state index contributed by atoms with van der Waals surface area (Å²) in [6.45, 7) is 0. The van der Waals surface area contributed by atoms with E-state index in [1.54, 1.807) is 12.1 Å². The fourth-order valence-electron chi connectivity index (χ4n) is 1.82. The van der Waals surface area contributed by atoms with E-state index in [1.807, 2.05) is 6.07 Å². The molecule has 6 heteroatoms. The molecule has 0 saturated carbocycles. The van der Waals surface area contributed by atoms with Crippen molar-refractivity contribution in [2.24, 2.45) is 0 Å². The number of ether oxygens (including phenoxy) is 1. The zero-order chi connectivity index (χ0) is 14.8. The van der Waals surface area contributed by atoms with Gasteiger partial charge in [0.1, 0.15) is 11.8 Å². The number of anilines is 1. The highest BCUT2D eigenvalue weighted by molar-refractivity contribution is 5.80. The van der Waals surface area contributed by atoms with E-state index in [4.69, 9.17) is 11.0 Å². The number of rotatable bonds is 2. The number of hydrogen-bond donors (Lipinski definition) is 1. The molecule has 0 saturated heterocycles. The Morgan fingerprint density at radius 1 is 1.00 bits per heavy atom. The second-order valence-electron chi connectivity index (χ2n) is 3.93. The van der Waals surface area contributed by atoms with E-state index in [2.05, 4.69) is 4.74 Å². The highest BCUT2D eigenvalue weighted by Crippen LogP contribution is 2.36. The van der Waals surface area contributed by atoms with Gasteiger partial charge in [-0.2, -0.15) is 5.26 Å². The predicted molar refractivity (Wildman–Crippen MR) is 67.7 cm³/mol. The Labute approximate surface area is 113 Å². The molecule has 102 valence electrons. The second kappa shape index (κ2) is 5.13. The molecular formula is C14H9F3N2O. The van der Waals surface area contributed by atoms with Gasteiger partial charge < -0.3 is 10.5 Å². The first-order valence-corrected chi connectivity index (χ1v) is 5.56. The molecule has 2 aromatic carbocycles. The first-order chi connectivity index (χ1) is 9.42. The monoisotopic (exact) mass is 278 g/mol. The van der Waals surface area contributed by atoms with Crippen molar-refractivity contribution in [1.29, 1.82) is 5.26 Å². The topological polar surface area (TPSA) is 59.0 Å². The summed E-state index contributed by atoms with van der Waals surface area (Å²) in [5.74, 6) is -0.373. The fourth-order valence-corrected chi connectivity index (χ4v) is 1.82. The van der Waals surface area contributed by atoms with Crippen LogP contribution in [0.15, 0.2) is 42.5 Å². The third-order valence-electron chi connectivity index (χ3n) is 2.61. The van der Waals surface area contributed by atoms with E-state index in [0.717, 1.165) is 0 Å². The van der Waals surface area contributed by atoms with Crippen LogP contribution in [0.1, 0.15) is 5.56 Å². The molecule has 20 heavy (non-hydrogen) atoms. The van der Waals surface area contributed by atoms with Crippen LogP contribution in [-0.4, -0.2) is 6.36 Å². The van der Waals surface area contributed by atoms with Gasteiger partial charge in [0.25, 0.3) is 0 Å². The van der Waals surface area contributed by atoms with Gasteiger partial charge in [0, 0.05) is 11.1 Å². The van der Waals surface area contributed by atoms with Crippen LogP contribution in [0.2, 0.25) is 0 Å². The Balaban J connectivity index is 2.60. The fraction of sp³-hybridized carbons (Fsp3) is 0.0714. The van der Waals surface area contributed by atoms with Gasteiger partial charge in [-0.15, -0.1) is 13.2 Å². The van der Waals surface area contributed by atoms with Crippen molar-refractivity contribution >= 4 is 5.69 Å². The minimum Gasteiger partial charge on any atom is -0.405 e. The molecule has 2 rings (SSSR count). The molecule has 2 aromatic rings. The maximum absolute atomic E-state index is 12.4. The number of alkyl halides is 3. The molecule has 0 unspecified atom stereocenters. The average Bonchev–Trinajstić information content (AvgIpc) is 2.37. The van der Waals surface area contributed by atoms with Crippen LogP contribution in [0, 0.1) is 11.3 Å². The van der Waals surface area contributed by atoms with Gasteiger partial charge in [-0.25, -0.2) is 0 Å². The number of nitriles is 1. The molecular weight excluding hydrogens is 269 g/mol. The van der Waals surface area contributed by atoms with Crippen molar-refractivity contribution in [3.63, 3.8) is 0 Å². The highest BCUT2D eigenvalue weighted by Gasteiger charge is 2.32. The molecule has 0 radical (unpaired) electrons. The van der Waals surface area contributed by atoms with E-state index in [9.17, 15) is 13.2 Å². The number of hydrogen-bond acceptors (Lipinski definition) is 3. The van der Waals surface area contributed by atoms with Crippen molar-refractivity contribution in [2.75, 3.05) is 5.73 Å². The maximum Gasteiger partial charge on any atom is 0.573 e. The zero-order valence-electron chi connectivity index (χ0n) is 10.1. The Morgan fingerprint density at radius 2 is 1.65 bits per heavy atom. The second-order valence-corrected chi connectivity index (χ2v) is 3.93. The van der Waals surface area contributed by atoms with E-state index in [0.29, 0.717) is 5.56 Å². The largest absolute Gasteiger partial charge is 0.573 e. The Bertz CT molecular complexity index is 675. The Hall–Kier alpha value is -2.68. The quantitative estimate of drug-likeness (QED) is 0.852. The van der Waals surface area contributed by atoms with Gasteiger partial charge in [0.15, 0.2) is 0 Å². The number of nitrogen functional groups attached to an aromatic ring is 1. The molecule has 0 aromatic heterocycles. The molecule has 3 nitrogen and oxygen atoms in total. The molecule has 0 amide bonds. The third kappa shape index (κ3) is 2.83. The summed E-state index contributed by atoms with van der Waals surface area (Å²) in [6.07, 6.45) is -4.80. The zero-order valence-corrected chi connectivity index (χ0v) is 10.1. The molecule has 0 heterocycles. The number of benzene rings is 2. The summed E-state index contributed by atoms with van der Waals surface area (Å²) < 4.78 is 41.1. The normalized spacial score (nSPS) is 10.9. The lowest BCUT2D eigenvalue weighted by molar-refractivity contribution is -0.274. The predicted octanol–water partition coefficient (Wildman–Crippen LogP) is 3.71. The smallest absolute Gasteiger partial charge is 0.405 e. The first-order valence-electron chi connectivity index (χ1n) is 5.56. The number of nitrogens with zero attached hydrogens (tertiary/aromatic N) is 1. The Kier molecular flexibility index (Phi) is 3.53. The van der Waals surface area contributed by atoms with E-state index in [-0.39, 0.29) is 22.6 Å². The number of halogens is 3. The van der Waals surface area contributed by atoms with Gasteiger partial charge in [-0.3, -0.25) is 0 Å². The SMILES string of the molecule is N#Cc1c(N)cccc1-c1ccccc1OC(F)(F)F. The molecule has 0 fully saturated rings. The lowest BCUT2D eigenvalue weighted by atomic mass is 9.98. The van der Waals surface area contributed by atoms with Gasteiger partial charge in [0.05, 0.1) is 11.3 Å². The van der Waals surface area contributed by atoms with Crippen LogP contribution in [0.25, 0.3) is 11.1 Å². The molecule has 2 N–H and O–H groups in total. The van der Waals surface area contributed by atoms with Crippen molar-refractivity contribution < 1.29 is 17.9 Å². The molecule has 0 bridgehead atoms. The van der Waals surface area contributed by atoms with Crippen LogP contribution in [0.4, 0.5) is 18.9 Å². The number of nitrogens with two attached hydrogens (primary N) is 1.